The van der Waals surface area contributed by atoms with E-state index in [2.05, 4.69) is 26.5 Å². The topological polar surface area (TPSA) is 41.0 Å². The SMILES string of the molecule is CCN1CCCC(Nc2nc(C(F)(F)F)ns2)C1. The van der Waals surface area contributed by atoms with Crippen molar-refractivity contribution in [1.29, 1.82) is 0 Å². The number of nitrogens with zero attached hydrogens (tertiary/aromatic N) is 3. The van der Waals surface area contributed by atoms with E-state index in [1.54, 1.807) is 0 Å². The molecule has 1 saturated heterocycles. The van der Waals surface area contributed by atoms with Crippen LogP contribution >= 0.6 is 11.5 Å². The van der Waals surface area contributed by atoms with Gasteiger partial charge in [0, 0.05) is 24.1 Å². The van der Waals surface area contributed by atoms with Crippen molar-refractivity contribution in [2.45, 2.75) is 32.0 Å². The summed E-state index contributed by atoms with van der Waals surface area (Å²) in [4.78, 5) is 5.75. The monoisotopic (exact) mass is 280 g/mol. The first-order chi connectivity index (χ1) is 8.49. The lowest BCUT2D eigenvalue weighted by molar-refractivity contribution is -0.144. The predicted octanol–water partition coefficient (Wildman–Crippen LogP) is 2.45. The third-order valence-electron chi connectivity index (χ3n) is 2.96. The van der Waals surface area contributed by atoms with Crippen molar-refractivity contribution in [1.82, 2.24) is 14.3 Å². The molecule has 0 aliphatic carbocycles. The molecule has 4 nitrogen and oxygen atoms in total. The Morgan fingerprint density at radius 2 is 2.28 bits per heavy atom. The number of likely N-dealkylation sites (N-methyl/N-ethyl adjacent to an activating group) is 1. The van der Waals surface area contributed by atoms with Gasteiger partial charge in [0.15, 0.2) is 0 Å². The van der Waals surface area contributed by atoms with Crippen molar-refractivity contribution in [3.05, 3.63) is 5.82 Å². The van der Waals surface area contributed by atoms with Crippen molar-refractivity contribution in [2.75, 3.05) is 25.0 Å². The molecule has 1 atom stereocenters. The van der Waals surface area contributed by atoms with E-state index in [9.17, 15) is 13.2 Å². The molecule has 1 aromatic rings. The third-order valence-corrected chi connectivity index (χ3v) is 3.61. The lowest BCUT2D eigenvalue weighted by atomic mass is 10.1. The number of likely N-dealkylation sites (tertiary alicyclic amines) is 1. The number of aromatic nitrogens is 2. The molecule has 0 aromatic carbocycles. The summed E-state index contributed by atoms with van der Waals surface area (Å²) in [6, 6.07) is 0.160. The lowest BCUT2D eigenvalue weighted by Gasteiger charge is -2.31. The summed E-state index contributed by atoms with van der Waals surface area (Å²) in [5.41, 5.74) is 0. The van der Waals surface area contributed by atoms with Crippen molar-refractivity contribution in [3.8, 4) is 0 Å². The van der Waals surface area contributed by atoms with Gasteiger partial charge in [0.25, 0.3) is 0 Å². The van der Waals surface area contributed by atoms with Gasteiger partial charge >= 0.3 is 6.18 Å². The van der Waals surface area contributed by atoms with Gasteiger partial charge in [-0.3, -0.25) is 0 Å². The number of hydrogen-bond donors (Lipinski definition) is 1. The van der Waals surface area contributed by atoms with Gasteiger partial charge in [-0.25, -0.2) is 0 Å². The van der Waals surface area contributed by atoms with Crippen LogP contribution in [0.25, 0.3) is 0 Å². The van der Waals surface area contributed by atoms with E-state index >= 15 is 0 Å². The first-order valence-corrected chi connectivity index (χ1v) is 6.66. The van der Waals surface area contributed by atoms with Gasteiger partial charge in [0.1, 0.15) is 0 Å². The van der Waals surface area contributed by atoms with Crippen LogP contribution < -0.4 is 5.32 Å². The standard InChI is InChI=1S/C10H15F3N4S/c1-2-17-5-3-4-7(6-17)14-9-15-8(16-18-9)10(11,12)13/h7H,2-6H2,1H3,(H,14,15,16). The van der Waals surface area contributed by atoms with Crippen molar-refractivity contribution in [3.63, 3.8) is 0 Å². The van der Waals surface area contributed by atoms with E-state index in [0.29, 0.717) is 0 Å². The van der Waals surface area contributed by atoms with Gasteiger partial charge in [-0.1, -0.05) is 6.92 Å². The summed E-state index contributed by atoms with van der Waals surface area (Å²) in [6.07, 6.45) is -2.45. The normalized spacial score (nSPS) is 22.1. The number of alkyl halides is 3. The molecule has 2 rings (SSSR count). The van der Waals surface area contributed by atoms with Crippen LogP contribution in [-0.2, 0) is 6.18 Å². The molecule has 0 amide bonds. The molecule has 0 bridgehead atoms. The molecular formula is C10H15F3N4S. The zero-order valence-electron chi connectivity index (χ0n) is 10.00. The van der Waals surface area contributed by atoms with E-state index in [-0.39, 0.29) is 11.2 Å². The highest BCUT2D eigenvalue weighted by molar-refractivity contribution is 7.09. The van der Waals surface area contributed by atoms with Gasteiger partial charge in [-0.2, -0.15) is 22.5 Å². The molecular weight excluding hydrogens is 265 g/mol. The minimum Gasteiger partial charge on any atom is -0.356 e. The first kappa shape index (κ1) is 13.5. The molecule has 8 heteroatoms. The van der Waals surface area contributed by atoms with Crippen LogP contribution in [0.2, 0.25) is 0 Å². The van der Waals surface area contributed by atoms with E-state index in [0.717, 1.165) is 44.0 Å². The van der Waals surface area contributed by atoms with Crippen LogP contribution in [0.5, 0.6) is 0 Å². The Morgan fingerprint density at radius 1 is 1.50 bits per heavy atom. The number of rotatable bonds is 3. The van der Waals surface area contributed by atoms with Gasteiger partial charge in [-0.05, 0) is 25.9 Å². The average Bonchev–Trinajstić information content (AvgIpc) is 2.77. The van der Waals surface area contributed by atoms with Crippen molar-refractivity contribution in [2.24, 2.45) is 0 Å². The Balaban J connectivity index is 1.95. The molecule has 1 unspecified atom stereocenters. The van der Waals surface area contributed by atoms with Crippen molar-refractivity contribution < 1.29 is 13.2 Å². The van der Waals surface area contributed by atoms with Crippen LogP contribution in [0.15, 0.2) is 0 Å². The highest BCUT2D eigenvalue weighted by atomic mass is 32.1. The molecule has 1 N–H and O–H groups in total. The largest absolute Gasteiger partial charge is 0.452 e. The summed E-state index contributed by atoms with van der Waals surface area (Å²) < 4.78 is 40.3. The number of piperidine rings is 1. The number of hydrogen-bond acceptors (Lipinski definition) is 5. The fraction of sp³-hybridized carbons (Fsp3) is 0.800. The lowest BCUT2D eigenvalue weighted by Crippen LogP contribution is -2.41. The van der Waals surface area contributed by atoms with Crippen LogP contribution in [0.3, 0.4) is 0 Å². The second-order valence-corrected chi connectivity index (χ2v) is 5.05. The highest BCUT2D eigenvalue weighted by Crippen LogP contribution is 2.29. The fourth-order valence-electron chi connectivity index (χ4n) is 2.03. The molecule has 0 saturated carbocycles. The zero-order chi connectivity index (χ0) is 13.2. The molecule has 1 aromatic heterocycles. The minimum atomic E-state index is -4.46. The maximum Gasteiger partial charge on any atom is 0.452 e. The average molecular weight is 280 g/mol. The number of anilines is 1. The molecule has 1 fully saturated rings. The summed E-state index contributed by atoms with van der Waals surface area (Å²) in [5, 5.41) is 3.30. The molecule has 1 aliphatic rings. The summed E-state index contributed by atoms with van der Waals surface area (Å²) in [5.74, 6) is -1.06. The Morgan fingerprint density at radius 3 is 2.89 bits per heavy atom. The molecule has 0 radical (unpaired) electrons. The van der Waals surface area contributed by atoms with Crippen LogP contribution in [0, 0.1) is 0 Å². The smallest absolute Gasteiger partial charge is 0.356 e. The van der Waals surface area contributed by atoms with Crippen LogP contribution in [0.4, 0.5) is 18.3 Å². The molecule has 18 heavy (non-hydrogen) atoms. The van der Waals surface area contributed by atoms with E-state index < -0.39 is 12.0 Å². The molecule has 2 heterocycles. The molecule has 0 spiro atoms. The summed E-state index contributed by atoms with van der Waals surface area (Å²) >= 11 is 0.768. The maximum atomic E-state index is 12.3. The number of nitrogens with one attached hydrogen (secondary N) is 1. The third kappa shape index (κ3) is 3.32. The second-order valence-electron chi connectivity index (χ2n) is 4.30. The summed E-state index contributed by atoms with van der Waals surface area (Å²) in [6.45, 7) is 4.94. The Hall–Kier alpha value is -0.890. The Bertz CT molecular complexity index is 393. The quantitative estimate of drug-likeness (QED) is 0.923. The fourth-order valence-corrected chi connectivity index (χ4v) is 2.70. The maximum absolute atomic E-state index is 12.3. The van der Waals surface area contributed by atoms with E-state index in [4.69, 9.17) is 0 Å². The highest BCUT2D eigenvalue weighted by Gasteiger charge is 2.36. The first-order valence-electron chi connectivity index (χ1n) is 5.89. The molecule has 1 aliphatic heterocycles. The molecule has 102 valence electrons. The van der Waals surface area contributed by atoms with Gasteiger partial charge in [-0.15, -0.1) is 0 Å². The zero-order valence-corrected chi connectivity index (χ0v) is 10.8. The second kappa shape index (κ2) is 5.40. The summed E-state index contributed by atoms with van der Waals surface area (Å²) in [7, 11) is 0. The van der Waals surface area contributed by atoms with Crippen LogP contribution in [0.1, 0.15) is 25.6 Å². The van der Waals surface area contributed by atoms with E-state index in [1.807, 2.05) is 0 Å². The van der Waals surface area contributed by atoms with Gasteiger partial charge in [0.05, 0.1) is 0 Å². The van der Waals surface area contributed by atoms with Crippen LogP contribution in [-0.4, -0.2) is 39.9 Å². The Labute approximate surface area is 107 Å². The van der Waals surface area contributed by atoms with Gasteiger partial charge < -0.3 is 10.2 Å². The van der Waals surface area contributed by atoms with Gasteiger partial charge in [0.2, 0.25) is 11.0 Å². The predicted molar refractivity (Wildman–Crippen MR) is 63.7 cm³/mol. The number of halogens is 3. The Kier molecular flexibility index (Phi) is 4.06. The van der Waals surface area contributed by atoms with E-state index in [1.165, 1.54) is 0 Å². The minimum absolute atomic E-state index is 0.160. The van der Waals surface area contributed by atoms with Crippen molar-refractivity contribution >= 4 is 16.7 Å².